The van der Waals surface area contributed by atoms with Crippen LogP contribution < -0.4 is 15.8 Å². The minimum atomic E-state index is -0.609. The van der Waals surface area contributed by atoms with Crippen molar-refractivity contribution in [3.63, 3.8) is 0 Å². The summed E-state index contributed by atoms with van der Waals surface area (Å²) in [4.78, 5) is 29.8. The molecule has 2 aromatic heterocycles. The van der Waals surface area contributed by atoms with Crippen LogP contribution in [0, 0.1) is 0 Å². The molecule has 3 rings (SSSR count). The average Bonchev–Trinajstić information content (AvgIpc) is 3.17. The van der Waals surface area contributed by atoms with Crippen LogP contribution in [0.1, 0.15) is 26.5 Å². The molecule has 0 spiro atoms. The minimum Gasteiger partial charge on any atom is -0.457 e. The summed E-state index contributed by atoms with van der Waals surface area (Å²) in [5, 5.41) is 2.85. The summed E-state index contributed by atoms with van der Waals surface area (Å²) in [6.45, 7) is 0.502. The number of primary amides is 1. The molecule has 0 aliphatic carbocycles. The van der Waals surface area contributed by atoms with Gasteiger partial charge in [0.2, 0.25) is 0 Å². The first-order chi connectivity index (χ1) is 12.6. The molecule has 3 aromatic rings. The normalized spacial score (nSPS) is 10.3. The Morgan fingerprint density at radius 3 is 2.73 bits per heavy atom. The van der Waals surface area contributed by atoms with Crippen LogP contribution in [0.2, 0.25) is 0 Å². The van der Waals surface area contributed by atoms with E-state index in [2.05, 4.69) is 15.3 Å². The number of rotatable bonds is 7. The first kappa shape index (κ1) is 17.2. The molecular formula is C19H18N4O3. The highest BCUT2D eigenvalue weighted by atomic mass is 16.5. The van der Waals surface area contributed by atoms with E-state index in [1.54, 1.807) is 24.4 Å². The van der Waals surface area contributed by atoms with Gasteiger partial charge in [0.05, 0.1) is 0 Å². The summed E-state index contributed by atoms with van der Waals surface area (Å²) in [6.07, 6.45) is 3.83. The fourth-order valence-corrected chi connectivity index (χ4v) is 2.40. The van der Waals surface area contributed by atoms with E-state index in [1.165, 1.54) is 12.3 Å². The summed E-state index contributed by atoms with van der Waals surface area (Å²) >= 11 is 0. The molecule has 0 aliphatic rings. The number of ether oxygens (including phenoxy) is 1. The molecule has 0 radical (unpaired) electrons. The molecule has 2 amide bonds. The molecule has 0 aliphatic heterocycles. The van der Waals surface area contributed by atoms with Crippen molar-refractivity contribution >= 4 is 11.8 Å². The second-order valence-corrected chi connectivity index (χ2v) is 5.58. The van der Waals surface area contributed by atoms with Gasteiger partial charge in [-0.3, -0.25) is 14.6 Å². The fourth-order valence-electron chi connectivity index (χ4n) is 2.40. The van der Waals surface area contributed by atoms with Crippen molar-refractivity contribution in [1.82, 2.24) is 15.3 Å². The molecule has 0 saturated heterocycles. The first-order valence-electron chi connectivity index (χ1n) is 8.06. The number of hydrogen-bond donors (Lipinski definition) is 3. The largest absolute Gasteiger partial charge is 0.457 e. The van der Waals surface area contributed by atoms with Crippen LogP contribution in [-0.2, 0) is 6.42 Å². The highest BCUT2D eigenvalue weighted by Crippen LogP contribution is 2.22. The maximum absolute atomic E-state index is 11.9. The molecule has 0 atom stereocenters. The third-order valence-electron chi connectivity index (χ3n) is 3.66. The number of hydrogen-bond acceptors (Lipinski definition) is 4. The number of H-pyrrole nitrogens is 1. The van der Waals surface area contributed by atoms with E-state index in [0.29, 0.717) is 30.2 Å². The van der Waals surface area contributed by atoms with E-state index in [0.717, 1.165) is 5.56 Å². The van der Waals surface area contributed by atoms with Crippen molar-refractivity contribution in [2.75, 3.05) is 6.54 Å². The number of pyridine rings is 1. The number of amides is 2. The predicted molar refractivity (Wildman–Crippen MR) is 96.1 cm³/mol. The number of carbonyl (C=O) groups excluding carboxylic acids is 2. The van der Waals surface area contributed by atoms with Crippen LogP contribution in [0.4, 0.5) is 0 Å². The second kappa shape index (κ2) is 7.98. The van der Waals surface area contributed by atoms with Crippen LogP contribution in [0.25, 0.3) is 0 Å². The van der Waals surface area contributed by atoms with E-state index in [-0.39, 0.29) is 11.6 Å². The van der Waals surface area contributed by atoms with Gasteiger partial charge in [-0.15, -0.1) is 0 Å². The summed E-state index contributed by atoms with van der Waals surface area (Å²) < 4.78 is 5.76. The smallest absolute Gasteiger partial charge is 0.267 e. The minimum absolute atomic E-state index is 0.141. The molecule has 26 heavy (non-hydrogen) atoms. The van der Waals surface area contributed by atoms with Crippen molar-refractivity contribution in [1.29, 1.82) is 0 Å². The molecule has 0 fully saturated rings. The maximum Gasteiger partial charge on any atom is 0.267 e. The quantitative estimate of drug-likeness (QED) is 0.607. The average molecular weight is 350 g/mol. The molecule has 0 bridgehead atoms. The monoisotopic (exact) mass is 350 g/mol. The molecule has 2 heterocycles. The Labute approximate surface area is 150 Å². The van der Waals surface area contributed by atoms with E-state index in [1.807, 2.05) is 24.3 Å². The number of aromatic nitrogens is 2. The number of nitrogens with two attached hydrogens (primary N) is 1. The Kier molecular flexibility index (Phi) is 5.28. The van der Waals surface area contributed by atoms with Crippen molar-refractivity contribution in [3.8, 4) is 11.5 Å². The molecule has 4 N–H and O–H groups in total. The van der Waals surface area contributed by atoms with Gasteiger partial charge in [-0.2, -0.15) is 0 Å². The van der Waals surface area contributed by atoms with Gasteiger partial charge in [0, 0.05) is 25.0 Å². The summed E-state index contributed by atoms with van der Waals surface area (Å²) in [5.41, 5.74) is 6.91. The number of nitrogens with one attached hydrogen (secondary N) is 2. The number of nitrogens with zero attached hydrogens (tertiary/aromatic N) is 1. The highest BCUT2D eigenvalue weighted by Gasteiger charge is 2.07. The summed E-state index contributed by atoms with van der Waals surface area (Å²) in [7, 11) is 0. The Morgan fingerprint density at radius 1 is 1.12 bits per heavy atom. The Balaban J connectivity index is 1.59. The van der Waals surface area contributed by atoms with E-state index in [9.17, 15) is 9.59 Å². The second-order valence-electron chi connectivity index (χ2n) is 5.58. The van der Waals surface area contributed by atoms with Crippen LogP contribution in [0.3, 0.4) is 0 Å². The Hall–Kier alpha value is -3.61. The molecule has 0 unspecified atom stereocenters. The van der Waals surface area contributed by atoms with Crippen molar-refractivity contribution in [2.24, 2.45) is 5.73 Å². The highest BCUT2D eigenvalue weighted by molar-refractivity contribution is 5.92. The van der Waals surface area contributed by atoms with Crippen LogP contribution >= 0.6 is 0 Å². The van der Waals surface area contributed by atoms with Gasteiger partial charge in [0.25, 0.3) is 11.8 Å². The van der Waals surface area contributed by atoms with E-state index >= 15 is 0 Å². The van der Waals surface area contributed by atoms with Gasteiger partial charge in [0.15, 0.2) is 0 Å². The van der Waals surface area contributed by atoms with Gasteiger partial charge in [-0.1, -0.05) is 12.1 Å². The molecule has 0 saturated carbocycles. The molecule has 132 valence electrons. The van der Waals surface area contributed by atoms with Gasteiger partial charge in [0.1, 0.15) is 22.9 Å². The predicted octanol–water partition coefficient (Wildman–Crippen LogP) is 2.27. The molecular weight excluding hydrogens is 332 g/mol. The maximum atomic E-state index is 11.9. The molecule has 7 heteroatoms. The van der Waals surface area contributed by atoms with Gasteiger partial charge < -0.3 is 20.8 Å². The lowest BCUT2D eigenvalue weighted by Gasteiger charge is -2.09. The van der Waals surface area contributed by atoms with Crippen molar-refractivity contribution in [3.05, 3.63) is 77.9 Å². The zero-order chi connectivity index (χ0) is 18.4. The lowest BCUT2D eigenvalue weighted by atomic mass is 10.1. The van der Waals surface area contributed by atoms with Crippen LogP contribution in [0.15, 0.2) is 60.9 Å². The molecule has 1 aromatic carbocycles. The van der Waals surface area contributed by atoms with Crippen molar-refractivity contribution < 1.29 is 14.3 Å². The van der Waals surface area contributed by atoms with Crippen LogP contribution in [-0.4, -0.2) is 28.3 Å². The number of benzene rings is 1. The number of aromatic amines is 1. The zero-order valence-corrected chi connectivity index (χ0v) is 13.9. The van der Waals surface area contributed by atoms with Gasteiger partial charge in [-0.05, 0) is 42.3 Å². The van der Waals surface area contributed by atoms with Crippen LogP contribution in [0.5, 0.6) is 11.5 Å². The Morgan fingerprint density at radius 2 is 1.96 bits per heavy atom. The molecule has 7 nitrogen and oxygen atoms in total. The lowest BCUT2D eigenvalue weighted by Crippen LogP contribution is -2.25. The third kappa shape index (κ3) is 4.47. The van der Waals surface area contributed by atoms with Crippen molar-refractivity contribution in [2.45, 2.75) is 6.42 Å². The fraction of sp³-hybridized carbons (Fsp3) is 0.105. The summed E-state index contributed by atoms with van der Waals surface area (Å²) in [5.74, 6) is 0.353. The van der Waals surface area contributed by atoms with Gasteiger partial charge in [-0.25, -0.2) is 0 Å². The zero-order valence-electron chi connectivity index (χ0n) is 13.9. The van der Waals surface area contributed by atoms with E-state index in [4.69, 9.17) is 10.5 Å². The number of carbonyl (C=O) groups is 2. The lowest BCUT2D eigenvalue weighted by molar-refractivity contribution is 0.0948. The summed E-state index contributed by atoms with van der Waals surface area (Å²) in [6, 6.07) is 14.2. The standard InChI is InChI=1S/C19H18N4O3/c20-18(24)17-12-15(7-10-22-17)26-14-4-1-3-13(11-14)6-9-23-19(25)16-5-2-8-21-16/h1-5,7-8,10-12,21H,6,9H2,(H2,20,24)(H,23,25). The first-order valence-corrected chi connectivity index (χ1v) is 8.06. The van der Waals surface area contributed by atoms with E-state index < -0.39 is 5.91 Å². The third-order valence-corrected chi connectivity index (χ3v) is 3.66. The Bertz CT molecular complexity index is 907. The van der Waals surface area contributed by atoms with Gasteiger partial charge >= 0.3 is 0 Å². The SMILES string of the molecule is NC(=O)c1cc(Oc2cccc(CCNC(=O)c3ccc[nH]3)c2)ccn1. The topological polar surface area (TPSA) is 110 Å².